The summed E-state index contributed by atoms with van der Waals surface area (Å²) >= 11 is 1.42. The van der Waals surface area contributed by atoms with Gasteiger partial charge in [-0.25, -0.2) is 4.98 Å². The van der Waals surface area contributed by atoms with Crippen molar-refractivity contribution in [3.63, 3.8) is 0 Å². The lowest BCUT2D eigenvalue weighted by Crippen LogP contribution is -1.90. The average molecular weight is 344 g/mol. The van der Waals surface area contributed by atoms with Gasteiger partial charge in [0.2, 0.25) is 0 Å². The van der Waals surface area contributed by atoms with Gasteiger partial charge in [0.05, 0.1) is 25.2 Å². The van der Waals surface area contributed by atoms with Gasteiger partial charge in [0.15, 0.2) is 10.9 Å². The van der Waals surface area contributed by atoms with Crippen LogP contribution in [-0.4, -0.2) is 29.4 Å². The lowest BCUT2D eigenvalue weighted by Gasteiger charge is -2.03. The summed E-state index contributed by atoms with van der Waals surface area (Å²) in [6.45, 7) is 0. The third kappa shape index (κ3) is 2.54. The van der Waals surface area contributed by atoms with Crippen molar-refractivity contribution in [3.8, 4) is 23.1 Å². The van der Waals surface area contributed by atoms with Crippen LogP contribution in [0.25, 0.3) is 21.9 Å². The number of anilines is 2. The van der Waals surface area contributed by atoms with Gasteiger partial charge in [-0.3, -0.25) is 5.32 Å². The summed E-state index contributed by atoms with van der Waals surface area (Å²) in [4.78, 5) is 4.50. The molecule has 0 amide bonds. The van der Waals surface area contributed by atoms with E-state index in [-0.39, 0.29) is 6.01 Å². The first kappa shape index (κ1) is 14.5. The maximum absolute atomic E-state index is 5.51. The van der Waals surface area contributed by atoms with E-state index in [1.165, 1.54) is 11.3 Å². The van der Waals surface area contributed by atoms with Gasteiger partial charge in [-0.05, 0) is 18.2 Å². The van der Waals surface area contributed by atoms with Gasteiger partial charge >= 0.3 is 6.01 Å². The molecule has 3 aromatic heterocycles. The third-order valence-electron chi connectivity index (χ3n) is 3.26. The number of ether oxygens (including phenoxy) is 2. The molecule has 122 valence electrons. The minimum Gasteiger partial charge on any atom is -0.497 e. The third-order valence-corrected chi connectivity index (χ3v) is 4.18. The number of methoxy groups -OCH3 is 2. The van der Waals surface area contributed by atoms with Crippen molar-refractivity contribution in [2.45, 2.75) is 0 Å². The number of hydrogen-bond donors (Lipinski definition) is 1. The molecule has 0 fully saturated rings. The van der Waals surface area contributed by atoms with E-state index in [2.05, 4.69) is 20.5 Å². The Morgan fingerprint density at radius 2 is 2.08 bits per heavy atom. The van der Waals surface area contributed by atoms with Crippen molar-refractivity contribution in [3.05, 3.63) is 30.5 Å². The fraction of sp³-hybridized carbons (Fsp3) is 0.133. The van der Waals surface area contributed by atoms with E-state index in [1.54, 1.807) is 38.7 Å². The maximum atomic E-state index is 5.51. The van der Waals surface area contributed by atoms with Gasteiger partial charge in [-0.2, -0.15) is 0 Å². The van der Waals surface area contributed by atoms with E-state index < -0.39 is 0 Å². The van der Waals surface area contributed by atoms with Crippen molar-refractivity contribution >= 4 is 32.7 Å². The van der Waals surface area contributed by atoms with Crippen molar-refractivity contribution < 1.29 is 18.3 Å². The van der Waals surface area contributed by atoms with Crippen molar-refractivity contribution in [1.82, 2.24) is 15.2 Å². The Morgan fingerprint density at radius 1 is 1.17 bits per heavy atom. The van der Waals surface area contributed by atoms with E-state index in [1.807, 2.05) is 6.07 Å². The molecule has 4 aromatic rings. The molecular formula is C15H12N4O4S. The van der Waals surface area contributed by atoms with Gasteiger partial charge in [0.25, 0.3) is 5.89 Å². The number of furan rings is 1. The second-order valence-electron chi connectivity index (χ2n) is 4.71. The van der Waals surface area contributed by atoms with E-state index in [0.717, 1.165) is 10.2 Å². The van der Waals surface area contributed by atoms with E-state index in [9.17, 15) is 0 Å². The summed E-state index contributed by atoms with van der Waals surface area (Å²) in [5.74, 6) is 2.14. The van der Waals surface area contributed by atoms with Crippen molar-refractivity contribution in [2.75, 3.05) is 19.5 Å². The van der Waals surface area contributed by atoms with Crippen LogP contribution in [0, 0.1) is 0 Å². The quantitative estimate of drug-likeness (QED) is 0.585. The molecule has 0 saturated heterocycles. The number of thiazole rings is 1. The van der Waals surface area contributed by atoms with Crippen LogP contribution in [0.15, 0.2) is 39.4 Å². The van der Waals surface area contributed by atoms with Crippen LogP contribution in [0.2, 0.25) is 0 Å². The highest BCUT2D eigenvalue weighted by Gasteiger charge is 2.15. The van der Waals surface area contributed by atoms with Crippen LogP contribution in [0.1, 0.15) is 0 Å². The first-order valence-corrected chi connectivity index (χ1v) is 7.75. The zero-order chi connectivity index (χ0) is 16.5. The van der Waals surface area contributed by atoms with Crippen LogP contribution in [-0.2, 0) is 0 Å². The van der Waals surface area contributed by atoms with Crippen molar-refractivity contribution in [2.24, 2.45) is 0 Å². The number of fused-ring (bicyclic) bond motifs is 1. The molecule has 0 bridgehead atoms. The number of aromatic nitrogens is 3. The molecule has 3 heterocycles. The average Bonchev–Trinajstić information content (AvgIpc) is 3.33. The molecule has 0 aliphatic rings. The Hall–Kier alpha value is -3.07. The summed E-state index contributed by atoms with van der Waals surface area (Å²) in [5.41, 5.74) is 0.733. The van der Waals surface area contributed by atoms with E-state index in [4.69, 9.17) is 18.3 Å². The Kier molecular flexibility index (Phi) is 3.54. The maximum Gasteiger partial charge on any atom is 0.322 e. The summed E-state index contributed by atoms with van der Waals surface area (Å²) < 4.78 is 22.3. The lowest BCUT2D eigenvalue weighted by molar-refractivity contribution is 0.397. The monoisotopic (exact) mass is 344 g/mol. The van der Waals surface area contributed by atoms with Crippen LogP contribution in [0.5, 0.6) is 11.5 Å². The molecule has 0 unspecified atom stereocenters. The zero-order valence-electron chi connectivity index (χ0n) is 12.8. The van der Waals surface area contributed by atoms with Crippen molar-refractivity contribution in [1.29, 1.82) is 0 Å². The highest BCUT2D eigenvalue weighted by Crippen LogP contribution is 2.37. The molecule has 8 nitrogen and oxygen atoms in total. The molecule has 1 N–H and O–H groups in total. The minimum absolute atomic E-state index is 0.228. The summed E-state index contributed by atoms with van der Waals surface area (Å²) in [6, 6.07) is 7.40. The summed E-state index contributed by atoms with van der Waals surface area (Å²) in [6.07, 6.45) is 1.54. The summed E-state index contributed by atoms with van der Waals surface area (Å²) in [7, 11) is 3.20. The predicted molar refractivity (Wildman–Crippen MR) is 88.0 cm³/mol. The molecule has 0 spiro atoms. The Morgan fingerprint density at radius 3 is 2.83 bits per heavy atom. The first-order valence-electron chi connectivity index (χ1n) is 6.94. The fourth-order valence-electron chi connectivity index (χ4n) is 2.17. The predicted octanol–water partition coefficient (Wildman–Crippen LogP) is 3.70. The second kappa shape index (κ2) is 5.85. The van der Waals surface area contributed by atoms with Gasteiger partial charge in [0, 0.05) is 6.07 Å². The molecular weight excluding hydrogens is 332 g/mol. The smallest absolute Gasteiger partial charge is 0.322 e. The van der Waals surface area contributed by atoms with Gasteiger partial charge in [-0.1, -0.05) is 16.4 Å². The summed E-state index contributed by atoms with van der Waals surface area (Å²) in [5, 5.41) is 11.5. The molecule has 0 saturated carbocycles. The topological polar surface area (TPSA) is 95.4 Å². The standard InChI is InChI=1S/C15H12N4O4S/c1-20-8-6-10(21-2)12-11(7-8)24-15(16-12)17-14-19-18-13(23-14)9-4-3-5-22-9/h3-7H,1-2H3,(H,16,17,19). The first-order chi connectivity index (χ1) is 11.8. The highest BCUT2D eigenvalue weighted by atomic mass is 32.1. The zero-order valence-corrected chi connectivity index (χ0v) is 13.6. The number of nitrogens with zero attached hydrogens (tertiary/aromatic N) is 3. The van der Waals surface area contributed by atoms with E-state index >= 15 is 0 Å². The fourth-order valence-corrected chi connectivity index (χ4v) is 3.07. The SMILES string of the molecule is COc1cc(OC)c2nc(Nc3nnc(-c4ccco4)o3)sc2c1. The molecule has 9 heteroatoms. The molecule has 0 atom stereocenters. The van der Waals surface area contributed by atoms with Gasteiger partial charge in [-0.15, -0.1) is 5.10 Å². The van der Waals surface area contributed by atoms with Crippen LogP contribution in [0.3, 0.4) is 0 Å². The number of nitrogens with one attached hydrogen (secondary N) is 1. The Balaban J connectivity index is 1.65. The Bertz CT molecular complexity index is 977. The van der Waals surface area contributed by atoms with Crippen LogP contribution in [0.4, 0.5) is 11.1 Å². The number of rotatable bonds is 5. The normalized spacial score (nSPS) is 10.9. The van der Waals surface area contributed by atoms with E-state index in [0.29, 0.717) is 28.3 Å². The Labute approximate surface area is 140 Å². The van der Waals surface area contributed by atoms with Crippen LogP contribution < -0.4 is 14.8 Å². The number of benzene rings is 1. The second-order valence-corrected chi connectivity index (χ2v) is 5.74. The number of hydrogen-bond acceptors (Lipinski definition) is 9. The molecule has 0 aliphatic heterocycles. The minimum atomic E-state index is 0.228. The largest absolute Gasteiger partial charge is 0.497 e. The molecule has 1 aromatic carbocycles. The molecule has 0 radical (unpaired) electrons. The molecule has 0 aliphatic carbocycles. The highest BCUT2D eigenvalue weighted by molar-refractivity contribution is 7.22. The van der Waals surface area contributed by atoms with Crippen LogP contribution >= 0.6 is 11.3 Å². The lowest BCUT2D eigenvalue weighted by atomic mass is 10.3. The van der Waals surface area contributed by atoms with Gasteiger partial charge < -0.3 is 18.3 Å². The van der Waals surface area contributed by atoms with Gasteiger partial charge in [0.1, 0.15) is 17.0 Å². The molecule has 4 rings (SSSR count). The molecule has 24 heavy (non-hydrogen) atoms.